The number of rotatable bonds is 5. The van der Waals surface area contributed by atoms with Crippen molar-refractivity contribution in [3.05, 3.63) is 174 Å². The number of fused-ring (bicyclic) bond motifs is 3. The maximum Gasteiger partial charge on any atom is 0.167 e. The average Bonchev–Trinajstić information content (AvgIpc) is 3.30. The first-order chi connectivity index (χ1) is 19.7. The van der Waals surface area contributed by atoms with Gasteiger partial charge in [-0.2, -0.15) is 0 Å². The summed E-state index contributed by atoms with van der Waals surface area (Å²) in [4.78, 5) is 3.82. The Labute approximate surface area is 237 Å². The minimum absolute atomic E-state index is 0.237. The molecule has 0 aromatic heterocycles. The van der Waals surface area contributed by atoms with Crippen LogP contribution in [0.2, 0.25) is 0 Å². The summed E-state index contributed by atoms with van der Waals surface area (Å²) in [7, 11) is -0.270. The minimum Gasteiger partial charge on any atom is -0.508 e. The van der Waals surface area contributed by atoms with E-state index >= 15 is 0 Å². The molecule has 1 aliphatic carbocycles. The molecule has 2 nitrogen and oxygen atoms in total. The van der Waals surface area contributed by atoms with E-state index in [1.165, 1.54) is 36.9 Å². The summed E-state index contributed by atoms with van der Waals surface area (Å²) in [5, 5.41) is 20.3. The van der Waals surface area contributed by atoms with Crippen molar-refractivity contribution >= 4 is 10.9 Å². The van der Waals surface area contributed by atoms with Gasteiger partial charge in [-0.05, 0) is 88.0 Å². The Morgan fingerprint density at radius 3 is 1.43 bits per heavy atom. The summed E-state index contributed by atoms with van der Waals surface area (Å²) in [6, 6.07) is 52.1. The molecule has 0 spiro atoms. The molecule has 0 heterocycles. The van der Waals surface area contributed by atoms with E-state index in [0.29, 0.717) is 0 Å². The van der Waals surface area contributed by atoms with Gasteiger partial charge in [0.05, 0.1) is 16.3 Å². The Hall–Kier alpha value is -4.73. The van der Waals surface area contributed by atoms with Gasteiger partial charge in [-0.1, -0.05) is 91.0 Å². The highest BCUT2D eigenvalue weighted by Crippen LogP contribution is 2.57. The molecule has 1 aliphatic rings. The molecule has 3 heteroatoms. The van der Waals surface area contributed by atoms with Crippen molar-refractivity contribution in [3.8, 4) is 22.6 Å². The Morgan fingerprint density at radius 1 is 0.400 bits per heavy atom. The quantitative estimate of drug-likeness (QED) is 0.217. The molecule has 0 amide bonds. The van der Waals surface area contributed by atoms with Crippen LogP contribution in [0.15, 0.2) is 166 Å². The molecule has 7 rings (SSSR count). The summed E-state index contributed by atoms with van der Waals surface area (Å²) in [5.41, 5.74) is 6.34. The van der Waals surface area contributed by atoms with Crippen molar-refractivity contribution in [3.63, 3.8) is 0 Å². The molecule has 0 aliphatic heterocycles. The van der Waals surface area contributed by atoms with Crippen LogP contribution in [-0.4, -0.2) is 10.2 Å². The predicted octanol–water partition coefficient (Wildman–Crippen LogP) is 8.56. The monoisotopic (exact) mass is 535 g/mol. The van der Waals surface area contributed by atoms with Crippen LogP contribution in [0.1, 0.15) is 22.3 Å². The SMILES string of the molecule is Oc1ccc(C2(c3ccc(O)cc3)c3ccccc3-c3cc([S+](c4ccccc4)c4ccccc4)ccc32)cc1. The van der Waals surface area contributed by atoms with Gasteiger partial charge in [0.15, 0.2) is 14.7 Å². The highest BCUT2D eigenvalue weighted by Gasteiger charge is 2.47. The number of hydrogen-bond donors (Lipinski definition) is 2. The molecule has 0 atom stereocenters. The van der Waals surface area contributed by atoms with Crippen molar-refractivity contribution in [2.24, 2.45) is 0 Å². The van der Waals surface area contributed by atoms with Gasteiger partial charge in [0.1, 0.15) is 11.5 Å². The number of phenols is 2. The lowest BCUT2D eigenvalue weighted by Gasteiger charge is -2.33. The highest BCUT2D eigenvalue weighted by atomic mass is 32.2. The zero-order valence-electron chi connectivity index (χ0n) is 21.7. The first kappa shape index (κ1) is 24.3. The van der Waals surface area contributed by atoms with Crippen molar-refractivity contribution in [1.29, 1.82) is 0 Å². The number of aromatic hydroxyl groups is 2. The Balaban J connectivity index is 1.52. The van der Waals surface area contributed by atoms with E-state index in [9.17, 15) is 10.2 Å². The number of benzene rings is 6. The van der Waals surface area contributed by atoms with E-state index in [1.807, 2.05) is 24.3 Å². The first-order valence-electron chi connectivity index (χ1n) is 13.3. The van der Waals surface area contributed by atoms with Crippen LogP contribution in [-0.2, 0) is 16.3 Å². The smallest absolute Gasteiger partial charge is 0.167 e. The lowest BCUT2D eigenvalue weighted by atomic mass is 9.68. The highest BCUT2D eigenvalue weighted by molar-refractivity contribution is 7.97. The van der Waals surface area contributed by atoms with Crippen LogP contribution in [0, 0.1) is 0 Å². The predicted molar refractivity (Wildman–Crippen MR) is 162 cm³/mol. The molecular weight excluding hydrogens is 508 g/mol. The third-order valence-corrected chi connectivity index (χ3v) is 10.0. The second kappa shape index (κ2) is 9.78. The van der Waals surface area contributed by atoms with Gasteiger partial charge in [-0.25, -0.2) is 0 Å². The minimum atomic E-state index is -0.593. The Kier molecular flexibility index (Phi) is 5.95. The van der Waals surface area contributed by atoms with Crippen LogP contribution in [0.4, 0.5) is 0 Å². The van der Waals surface area contributed by atoms with Gasteiger partial charge in [0, 0.05) is 6.07 Å². The van der Waals surface area contributed by atoms with Crippen molar-refractivity contribution < 1.29 is 10.2 Å². The van der Waals surface area contributed by atoms with Crippen LogP contribution in [0.5, 0.6) is 11.5 Å². The average molecular weight is 536 g/mol. The Morgan fingerprint density at radius 2 is 0.875 bits per heavy atom. The van der Waals surface area contributed by atoms with E-state index in [2.05, 4.69) is 103 Å². The second-order valence-electron chi connectivity index (χ2n) is 10.0. The molecule has 0 fully saturated rings. The van der Waals surface area contributed by atoms with Crippen molar-refractivity contribution in [2.75, 3.05) is 0 Å². The zero-order valence-corrected chi connectivity index (χ0v) is 22.6. The van der Waals surface area contributed by atoms with Gasteiger partial charge in [0.2, 0.25) is 0 Å². The molecule has 0 unspecified atom stereocenters. The fraction of sp³-hybridized carbons (Fsp3) is 0.0270. The summed E-state index contributed by atoms with van der Waals surface area (Å²) in [6.07, 6.45) is 0. The fourth-order valence-corrected chi connectivity index (χ4v) is 8.24. The molecule has 0 bridgehead atoms. The Bertz CT molecular complexity index is 1710. The standard InChI is InChI=1S/C37H26O2S/c38-28-19-15-26(16-20-28)37(27-17-21-29(39)22-18-27)35-14-8-7-13-33(35)34-25-32(23-24-36(34)37)40(30-9-3-1-4-10-30)31-11-5-2-6-12-31/h1-25H,(H-,38,39)/p+1. The van der Waals surface area contributed by atoms with E-state index in [0.717, 1.165) is 11.1 Å². The summed E-state index contributed by atoms with van der Waals surface area (Å²) >= 11 is 0. The van der Waals surface area contributed by atoms with E-state index in [1.54, 1.807) is 24.3 Å². The fourth-order valence-electron chi connectivity index (χ4n) is 6.12. The van der Waals surface area contributed by atoms with Crippen LogP contribution in [0.3, 0.4) is 0 Å². The lowest BCUT2D eigenvalue weighted by Crippen LogP contribution is -2.28. The van der Waals surface area contributed by atoms with Crippen LogP contribution >= 0.6 is 0 Å². The summed E-state index contributed by atoms with van der Waals surface area (Å²) < 4.78 is 0. The van der Waals surface area contributed by atoms with E-state index in [-0.39, 0.29) is 22.4 Å². The second-order valence-corrected chi connectivity index (χ2v) is 12.1. The molecule has 0 saturated carbocycles. The molecule has 6 aromatic carbocycles. The van der Waals surface area contributed by atoms with Gasteiger partial charge in [-0.15, -0.1) is 0 Å². The third kappa shape index (κ3) is 3.82. The van der Waals surface area contributed by atoms with Gasteiger partial charge in [-0.3, -0.25) is 0 Å². The molecule has 2 N–H and O–H groups in total. The first-order valence-corrected chi connectivity index (χ1v) is 14.6. The topological polar surface area (TPSA) is 40.5 Å². The van der Waals surface area contributed by atoms with Gasteiger partial charge < -0.3 is 10.2 Å². The summed E-state index contributed by atoms with van der Waals surface area (Å²) in [6.45, 7) is 0. The molecule has 6 aromatic rings. The largest absolute Gasteiger partial charge is 0.508 e. The maximum atomic E-state index is 10.2. The van der Waals surface area contributed by atoms with E-state index in [4.69, 9.17) is 0 Å². The van der Waals surface area contributed by atoms with Crippen molar-refractivity contribution in [1.82, 2.24) is 0 Å². The molecule has 40 heavy (non-hydrogen) atoms. The zero-order chi connectivity index (χ0) is 27.1. The molecule has 0 radical (unpaired) electrons. The maximum absolute atomic E-state index is 10.2. The molecular formula is C37H27O2S+. The molecule has 0 saturated heterocycles. The van der Waals surface area contributed by atoms with Crippen LogP contribution < -0.4 is 0 Å². The normalized spacial score (nSPS) is 13.1. The lowest BCUT2D eigenvalue weighted by molar-refractivity contribution is 0.475. The number of phenolic OH excluding ortho intramolecular Hbond substituents is 2. The molecule has 192 valence electrons. The van der Waals surface area contributed by atoms with Crippen LogP contribution in [0.25, 0.3) is 11.1 Å². The van der Waals surface area contributed by atoms with E-state index < -0.39 is 5.41 Å². The van der Waals surface area contributed by atoms with Gasteiger partial charge in [0.25, 0.3) is 0 Å². The number of hydrogen-bond acceptors (Lipinski definition) is 2. The summed E-state index contributed by atoms with van der Waals surface area (Å²) in [5.74, 6) is 0.474. The third-order valence-electron chi connectivity index (χ3n) is 7.81. The van der Waals surface area contributed by atoms with Gasteiger partial charge >= 0.3 is 0 Å². The van der Waals surface area contributed by atoms with Crippen molar-refractivity contribution in [2.45, 2.75) is 20.1 Å².